The van der Waals surface area contributed by atoms with E-state index >= 15 is 0 Å². The number of fused-ring (bicyclic) bond motifs is 1. The van der Waals surface area contributed by atoms with Gasteiger partial charge in [0.15, 0.2) is 16.9 Å². The van der Waals surface area contributed by atoms with E-state index in [4.69, 9.17) is 19.6 Å². The molecule has 12 nitrogen and oxygen atoms in total. The summed E-state index contributed by atoms with van der Waals surface area (Å²) in [5, 5.41) is 10.4. The number of imidazole rings is 1. The van der Waals surface area contributed by atoms with Crippen LogP contribution in [0.2, 0.25) is 0 Å². The predicted octanol–water partition coefficient (Wildman–Crippen LogP) is 1.80. The number of methoxy groups -OCH3 is 1. The van der Waals surface area contributed by atoms with Crippen LogP contribution in [-0.4, -0.2) is 75.0 Å². The molecule has 41 heavy (non-hydrogen) atoms. The van der Waals surface area contributed by atoms with Gasteiger partial charge in [-0.05, 0) is 38.1 Å². The average molecular weight is 581 g/mol. The highest BCUT2D eigenvalue weighted by Crippen LogP contribution is 2.21. The Morgan fingerprint density at radius 2 is 1.68 bits per heavy atom. The van der Waals surface area contributed by atoms with Crippen molar-refractivity contribution < 1.29 is 32.6 Å². The first-order valence-electron chi connectivity index (χ1n) is 12.5. The number of hydrogen-bond acceptors (Lipinski definition) is 8. The van der Waals surface area contributed by atoms with Gasteiger partial charge in [-0.1, -0.05) is 11.6 Å². The number of nitrogens with one attached hydrogen (secondary N) is 1. The van der Waals surface area contributed by atoms with Gasteiger partial charge in [-0.25, -0.2) is 9.59 Å². The Morgan fingerprint density at radius 3 is 2.20 bits per heavy atom. The molecule has 2 aromatic heterocycles. The van der Waals surface area contributed by atoms with Crippen LogP contribution in [0.25, 0.3) is 11.2 Å². The third kappa shape index (κ3) is 7.22. The number of anilines is 1. The van der Waals surface area contributed by atoms with E-state index in [0.29, 0.717) is 35.0 Å². The molecule has 222 valence electrons. The van der Waals surface area contributed by atoms with Crippen molar-refractivity contribution in [2.45, 2.75) is 33.1 Å². The SMILES string of the molecule is COc1ccc(C(=O)Cn2c(=O)c3c(nc(N4CCNCC4)n3CC=C(C)C)n(C)c2=O)cc1.O=C(O)C(F)(F)F. The normalized spacial score (nSPS) is 13.4. The average Bonchev–Trinajstić information content (AvgIpc) is 3.33. The van der Waals surface area contributed by atoms with E-state index in [0.717, 1.165) is 36.3 Å². The van der Waals surface area contributed by atoms with Crippen LogP contribution < -0.4 is 26.2 Å². The Kier molecular flexibility index (Phi) is 9.75. The number of carbonyl (C=O) groups excluding carboxylic acids is 1. The predicted molar refractivity (Wildman–Crippen MR) is 145 cm³/mol. The fourth-order valence-corrected chi connectivity index (χ4v) is 4.06. The number of nitrogens with zero attached hydrogens (tertiary/aromatic N) is 5. The first-order valence-corrected chi connectivity index (χ1v) is 12.5. The number of allylic oxidation sites excluding steroid dienone is 2. The molecule has 0 spiro atoms. The number of hydrogen-bond donors (Lipinski definition) is 2. The number of rotatable bonds is 7. The molecule has 0 saturated carbocycles. The van der Waals surface area contributed by atoms with Crippen LogP contribution in [0.4, 0.5) is 19.1 Å². The van der Waals surface area contributed by atoms with Crippen molar-refractivity contribution in [1.29, 1.82) is 0 Å². The molecule has 1 aliphatic heterocycles. The van der Waals surface area contributed by atoms with Crippen molar-refractivity contribution in [3.8, 4) is 5.75 Å². The van der Waals surface area contributed by atoms with Crippen molar-refractivity contribution in [2.24, 2.45) is 7.05 Å². The van der Waals surface area contributed by atoms with Gasteiger partial charge in [0, 0.05) is 45.3 Å². The second-order valence-electron chi connectivity index (χ2n) is 9.40. The Hall–Kier alpha value is -4.40. The molecule has 3 heterocycles. The Balaban J connectivity index is 0.000000587. The molecule has 0 amide bonds. The van der Waals surface area contributed by atoms with Gasteiger partial charge in [-0.15, -0.1) is 0 Å². The lowest BCUT2D eigenvalue weighted by Crippen LogP contribution is -2.44. The molecule has 1 saturated heterocycles. The minimum Gasteiger partial charge on any atom is -0.497 e. The highest BCUT2D eigenvalue weighted by Gasteiger charge is 2.38. The Labute approximate surface area is 232 Å². The minimum absolute atomic E-state index is 0.315. The number of carbonyl (C=O) groups is 2. The summed E-state index contributed by atoms with van der Waals surface area (Å²) in [6.45, 7) is 7.18. The molecule has 4 rings (SSSR count). The van der Waals surface area contributed by atoms with Crippen LogP contribution in [0.15, 0.2) is 45.5 Å². The van der Waals surface area contributed by atoms with Gasteiger partial charge in [0.05, 0.1) is 13.7 Å². The highest BCUT2D eigenvalue weighted by atomic mass is 19.4. The fraction of sp³-hybridized carbons (Fsp3) is 0.423. The molecule has 15 heteroatoms. The molecular weight excluding hydrogens is 549 g/mol. The van der Waals surface area contributed by atoms with Crippen molar-refractivity contribution in [2.75, 3.05) is 38.2 Å². The number of carboxylic acid groups (broad SMARTS) is 1. The van der Waals surface area contributed by atoms with Crippen LogP contribution in [0.5, 0.6) is 5.75 Å². The first-order chi connectivity index (χ1) is 19.3. The van der Waals surface area contributed by atoms with Crippen molar-refractivity contribution in [3.05, 3.63) is 62.3 Å². The summed E-state index contributed by atoms with van der Waals surface area (Å²) in [5.74, 6) is -1.82. The molecule has 1 fully saturated rings. The van der Waals surface area contributed by atoms with Gasteiger partial charge in [-0.3, -0.25) is 18.7 Å². The summed E-state index contributed by atoms with van der Waals surface area (Å²) in [6, 6.07) is 6.59. The van der Waals surface area contributed by atoms with E-state index in [9.17, 15) is 27.6 Å². The van der Waals surface area contributed by atoms with Crippen molar-refractivity contribution in [3.63, 3.8) is 0 Å². The summed E-state index contributed by atoms with van der Waals surface area (Å²) < 4.78 is 41.1. The minimum atomic E-state index is -5.08. The molecule has 0 bridgehead atoms. The number of Topliss-reactive ketones (excluding diaryl/α,β-unsaturated/α-hetero) is 1. The van der Waals surface area contributed by atoms with Crippen LogP contribution in [0.1, 0.15) is 24.2 Å². The zero-order valence-corrected chi connectivity index (χ0v) is 23.0. The largest absolute Gasteiger partial charge is 0.497 e. The molecule has 0 atom stereocenters. The molecule has 3 aromatic rings. The van der Waals surface area contributed by atoms with E-state index in [1.807, 2.05) is 24.5 Å². The summed E-state index contributed by atoms with van der Waals surface area (Å²) in [5.41, 5.74) is 1.05. The molecule has 1 aliphatic rings. The molecule has 2 N–H and O–H groups in total. The molecule has 1 aromatic carbocycles. The molecule has 0 radical (unpaired) electrons. The summed E-state index contributed by atoms with van der Waals surface area (Å²) >= 11 is 0. The monoisotopic (exact) mass is 580 g/mol. The third-order valence-corrected chi connectivity index (χ3v) is 6.25. The van der Waals surface area contributed by atoms with Crippen LogP contribution in [0.3, 0.4) is 0 Å². The molecular formula is C26H31F3N6O6. The van der Waals surface area contributed by atoms with Gasteiger partial charge >= 0.3 is 17.8 Å². The highest BCUT2D eigenvalue weighted by molar-refractivity contribution is 5.96. The Morgan fingerprint density at radius 1 is 1.10 bits per heavy atom. The third-order valence-electron chi connectivity index (χ3n) is 6.25. The lowest BCUT2D eigenvalue weighted by atomic mass is 10.1. The van der Waals surface area contributed by atoms with Gasteiger partial charge < -0.3 is 24.6 Å². The van der Waals surface area contributed by atoms with Gasteiger partial charge in [0.1, 0.15) is 5.75 Å². The number of piperazine rings is 1. The zero-order valence-electron chi connectivity index (χ0n) is 23.0. The van der Waals surface area contributed by atoms with Gasteiger partial charge in [0.2, 0.25) is 5.95 Å². The quantitative estimate of drug-likeness (QED) is 0.316. The number of aromatic nitrogens is 4. The van der Waals surface area contributed by atoms with Gasteiger partial charge in [-0.2, -0.15) is 18.2 Å². The van der Waals surface area contributed by atoms with E-state index in [2.05, 4.69) is 10.2 Å². The second-order valence-corrected chi connectivity index (χ2v) is 9.40. The van der Waals surface area contributed by atoms with Crippen molar-refractivity contribution >= 4 is 28.9 Å². The smallest absolute Gasteiger partial charge is 0.490 e. The van der Waals surface area contributed by atoms with E-state index in [1.54, 1.807) is 38.4 Å². The van der Waals surface area contributed by atoms with E-state index in [-0.39, 0.29) is 12.3 Å². The van der Waals surface area contributed by atoms with Crippen molar-refractivity contribution in [1.82, 2.24) is 24.0 Å². The Bertz CT molecular complexity index is 1560. The number of aryl methyl sites for hydroxylation is 1. The number of alkyl halides is 3. The summed E-state index contributed by atoms with van der Waals surface area (Å²) in [4.78, 5) is 55.3. The van der Waals surface area contributed by atoms with E-state index in [1.165, 1.54) is 4.57 Å². The number of halogens is 3. The number of ketones is 1. The zero-order chi connectivity index (χ0) is 30.5. The van der Waals surface area contributed by atoms with Crippen LogP contribution in [-0.2, 0) is 24.9 Å². The van der Waals surface area contributed by atoms with Crippen LogP contribution in [0, 0.1) is 0 Å². The molecule has 0 unspecified atom stereocenters. The van der Waals surface area contributed by atoms with E-state index < -0.39 is 23.4 Å². The topological polar surface area (TPSA) is 141 Å². The standard InChI is InChI=1S/C24H30N6O4.C2HF3O2/c1-16(2)9-12-29-20-21(26-23(29)28-13-10-25-11-14-28)27(3)24(33)30(22(20)32)15-19(31)17-5-7-18(34-4)8-6-17;3-2(4,5)1(6)7/h5-9,25H,10-15H2,1-4H3;(H,6,7). The fourth-order valence-electron chi connectivity index (χ4n) is 4.06. The number of carboxylic acids is 1. The second kappa shape index (κ2) is 12.8. The maximum atomic E-state index is 13.6. The lowest BCUT2D eigenvalue weighted by Gasteiger charge is -2.28. The lowest BCUT2D eigenvalue weighted by molar-refractivity contribution is -0.192. The number of aliphatic carboxylic acids is 1. The summed E-state index contributed by atoms with van der Waals surface area (Å²) in [6.07, 6.45) is -3.07. The summed E-state index contributed by atoms with van der Waals surface area (Å²) in [7, 11) is 3.13. The number of ether oxygens (including phenoxy) is 1. The van der Waals surface area contributed by atoms with Gasteiger partial charge in [0.25, 0.3) is 5.56 Å². The molecule has 0 aliphatic carbocycles. The maximum absolute atomic E-state index is 13.6. The van der Waals surface area contributed by atoms with Crippen LogP contribution >= 0.6 is 0 Å². The first kappa shape index (κ1) is 31.1. The maximum Gasteiger partial charge on any atom is 0.490 e. The number of benzene rings is 1.